The van der Waals surface area contributed by atoms with Crippen LogP contribution in [0.25, 0.3) is 22.6 Å². The normalized spacial score (nSPS) is 15.9. The highest BCUT2D eigenvalue weighted by molar-refractivity contribution is 5.80. The maximum absolute atomic E-state index is 10.9. The third kappa shape index (κ3) is 2.81. The Morgan fingerprint density at radius 1 is 1.29 bits per heavy atom. The standard InChI is InChI=1S/C15H15N5O4/c21-15(22)20-5-3-19(4-6-20)9-13-17-14(24-18-13)12-7-10-8-16-2-1-11(10)23-12/h1-2,7-8H,3-6,9H2,(H,21,22). The van der Waals surface area contributed by atoms with E-state index < -0.39 is 6.09 Å². The molecule has 1 fully saturated rings. The molecule has 3 aromatic rings. The fraction of sp³-hybridized carbons (Fsp3) is 0.333. The van der Waals surface area contributed by atoms with Gasteiger partial charge in [0, 0.05) is 44.0 Å². The fourth-order valence-electron chi connectivity index (χ4n) is 2.71. The minimum Gasteiger partial charge on any atom is -0.465 e. The van der Waals surface area contributed by atoms with Gasteiger partial charge in [-0.3, -0.25) is 9.88 Å². The van der Waals surface area contributed by atoms with E-state index in [0.29, 0.717) is 55.8 Å². The second-order valence-electron chi connectivity index (χ2n) is 5.59. The molecule has 1 aliphatic rings. The smallest absolute Gasteiger partial charge is 0.407 e. The average molecular weight is 329 g/mol. The van der Waals surface area contributed by atoms with Gasteiger partial charge in [-0.2, -0.15) is 4.98 Å². The van der Waals surface area contributed by atoms with E-state index in [1.165, 1.54) is 4.90 Å². The number of hydrogen-bond acceptors (Lipinski definition) is 7. The molecule has 0 saturated carbocycles. The molecule has 0 atom stereocenters. The van der Waals surface area contributed by atoms with Crippen LogP contribution >= 0.6 is 0 Å². The van der Waals surface area contributed by atoms with Gasteiger partial charge in [0.2, 0.25) is 0 Å². The Morgan fingerprint density at radius 2 is 2.12 bits per heavy atom. The molecule has 24 heavy (non-hydrogen) atoms. The highest BCUT2D eigenvalue weighted by Crippen LogP contribution is 2.26. The van der Waals surface area contributed by atoms with Crippen LogP contribution in [0.15, 0.2) is 33.5 Å². The first kappa shape index (κ1) is 14.6. The van der Waals surface area contributed by atoms with Crippen molar-refractivity contribution in [3.05, 3.63) is 30.4 Å². The number of carboxylic acid groups (broad SMARTS) is 1. The lowest BCUT2D eigenvalue weighted by molar-refractivity contribution is 0.101. The Labute approximate surface area is 136 Å². The lowest BCUT2D eigenvalue weighted by atomic mass is 10.3. The van der Waals surface area contributed by atoms with Gasteiger partial charge in [0.05, 0.1) is 6.54 Å². The molecule has 0 aliphatic carbocycles. The minimum atomic E-state index is -0.879. The number of carbonyl (C=O) groups is 1. The number of aromatic nitrogens is 3. The summed E-state index contributed by atoms with van der Waals surface area (Å²) in [6.07, 6.45) is 2.49. The van der Waals surface area contributed by atoms with E-state index in [4.69, 9.17) is 14.0 Å². The number of rotatable bonds is 3. The summed E-state index contributed by atoms with van der Waals surface area (Å²) in [5, 5.41) is 13.8. The minimum absolute atomic E-state index is 0.324. The summed E-state index contributed by atoms with van der Waals surface area (Å²) in [6.45, 7) is 2.77. The summed E-state index contributed by atoms with van der Waals surface area (Å²) >= 11 is 0. The van der Waals surface area contributed by atoms with Gasteiger partial charge in [-0.25, -0.2) is 4.79 Å². The third-order valence-electron chi connectivity index (χ3n) is 4.00. The van der Waals surface area contributed by atoms with Crippen molar-refractivity contribution in [3.8, 4) is 11.7 Å². The number of fused-ring (bicyclic) bond motifs is 1. The van der Waals surface area contributed by atoms with Crippen LogP contribution in [0, 0.1) is 0 Å². The number of nitrogens with zero attached hydrogens (tertiary/aromatic N) is 5. The van der Waals surface area contributed by atoms with Crippen LogP contribution in [-0.4, -0.2) is 62.3 Å². The Hall–Kier alpha value is -2.94. The van der Waals surface area contributed by atoms with Crippen molar-refractivity contribution in [1.82, 2.24) is 24.9 Å². The lowest BCUT2D eigenvalue weighted by Crippen LogP contribution is -2.47. The summed E-state index contributed by atoms with van der Waals surface area (Å²) < 4.78 is 11.0. The molecule has 1 N–H and O–H groups in total. The molecule has 9 heteroatoms. The summed E-state index contributed by atoms with van der Waals surface area (Å²) in [5.41, 5.74) is 0.713. The van der Waals surface area contributed by atoms with Crippen molar-refractivity contribution < 1.29 is 18.8 Å². The van der Waals surface area contributed by atoms with E-state index in [1.54, 1.807) is 18.5 Å². The number of amides is 1. The Balaban J connectivity index is 1.44. The van der Waals surface area contributed by atoms with Gasteiger partial charge in [0.15, 0.2) is 11.6 Å². The maximum Gasteiger partial charge on any atom is 0.407 e. The molecule has 3 aromatic heterocycles. The van der Waals surface area contributed by atoms with Crippen LogP contribution in [0.4, 0.5) is 4.79 Å². The predicted molar refractivity (Wildman–Crippen MR) is 82.2 cm³/mol. The van der Waals surface area contributed by atoms with Crippen LogP contribution in [0.2, 0.25) is 0 Å². The molecular weight excluding hydrogens is 314 g/mol. The van der Waals surface area contributed by atoms with Gasteiger partial charge in [-0.1, -0.05) is 5.16 Å². The van der Waals surface area contributed by atoms with Crippen molar-refractivity contribution in [2.75, 3.05) is 26.2 Å². The highest BCUT2D eigenvalue weighted by Gasteiger charge is 2.22. The molecule has 0 aromatic carbocycles. The second-order valence-corrected chi connectivity index (χ2v) is 5.59. The van der Waals surface area contributed by atoms with Crippen molar-refractivity contribution in [2.45, 2.75) is 6.54 Å². The van der Waals surface area contributed by atoms with Crippen LogP contribution in [0.3, 0.4) is 0 Å². The van der Waals surface area contributed by atoms with Gasteiger partial charge in [-0.15, -0.1) is 0 Å². The molecule has 4 rings (SSSR count). The molecule has 1 aliphatic heterocycles. The van der Waals surface area contributed by atoms with E-state index in [-0.39, 0.29) is 0 Å². The summed E-state index contributed by atoms with van der Waals surface area (Å²) in [6, 6.07) is 3.59. The number of pyridine rings is 1. The highest BCUT2D eigenvalue weighted by atomic mass is 16.5. The van der Waals surface area contributed by atoms with Gasteiger partial charge in [0.1, 0.15) is 5.58 Å². The Kier molecular flexibility index (Phi) is 3.62. The van der Waals surface area contributed by atoms with Crippen LogP contribution in [0.5, 0.6) is 0 Å². The van der Waals surface area contributed by atoms with Crippen LogP contribution in [-0.2, 0) is 6.54 Å². The lowest BCUT2D eigenvalue weighted by Gasteiger charge is -2.32. The van der Waals surface area contributed by atoms with Gasteiger partial charge in [0.25, 0.3) is 5.89 Å². The van der Waals surface area contributed by atoms with E-state index in [9.17, 15) is 4.79 Å². The monoisotopic (exact) mass is 329 g/mol. The zero-order chi connectivity index (χ0) is 16.5. The molecule has 0 radical (unpaired) electrons. The molecule has 0 unspecified atom stereocenters. The molecule has 0 bridgehead atoms. The number of hydrogen-bond donors (Lipinski definition) is 1. The molecule has 4 heterocycles. The second kappa shape index (κ2) is 5.93. The van der Waals surface area contributed by atoms with Gasteiger partial charge < -0.3 is 18.9 Å². The van der Waals surface area contributed by atoms with Crippen molar-refractivity contribution >= 4 is 17.1 Å². The SMILES string of the molecule is O=C(O)N1CCN(Cc2noc(-c3cc4cnccc4o3)n2)CC1. The van der Waals surface area contributed by atoms with E-state index in [0.717, 1.165) is 5.39 Å². The average Bonchev–Trinajstić information content (AvgIpc) is 3.21. The molecule has 9 nitrogen and oxygen atoms in total. The molecule has 0 spiro atoms. The topological polar surface area (TPSA) is 109 Å². The summed E-state index contributed by atoms with van der Waals surface area (Å²) in [7, 11) is 0. The fourth-order valence-corrected chi connectivity index (χ4v) is 2.71. The zero-order valence-electron chi connectivity index (χ0n) is 12.8. The molecule has 1 saturated heterocycles. The molecule has 124 valence electrons. The summed E-state index contributed by atoms with van der Waals surface area (Å²) in [5.74, 6) is 1.38. The van der Waals surface area contributed by atoms with Crippen molar-refractivity contribution in [2.24, 2.45) is 0 Å². The van der Waals surface area contributed by atoms with Crippen molar-refractivity contribution in [1.29, 1.82) is 0 Å². The largest absolute Gasteiger partial charge is 0.465 e. The predicted octanol–water partition coefficient (Wildman–Crippen LogP) is 1.67. The quantitative estimate of drug-likeness (QED) is 0.773. The molecular formula is C15H15N5O4. The number of piperazine rings is 1. The van der Waals surface area contributed by atoms with Crippen molar-refractivity contribution in [3.63, 3.8) is 0 Å². The first-order chi connectivity index (χ1) is 11.7. The number of furan rings is 1. The van der Waals surface area contributed by atoms with Crippen LogP contribution < -0.4 is 0 Å². The maximum atomic E-state index is 10.9. The zero-order valence-corrected chi connectivity index (χ0v) is 12.8. The van der Waals surface area contributed by atoms with Crippen LogP contribution in [0.1, 0.15) is 5.82 Å². The first-order valence-electron chi connectivity index (χ1n) is 7.56. The first-order valence-corrected chi connectivity index (χ1v) is 7.56. The van der Waals surface area contributed by atoms with Gasteiger partial charge in [-0.05, 0) is 12.1 Å². The van der Waals surface area contributed by atoms with E-state index >= 15 is 0 Å². The molecule has 1 amide bonds. The third-order valence-corrected chi connectivity index (χ3v) is 4.00. The van der Waals surface area contributed by atoms with Gasteiger partial charge >= 0.3 is 6.09 Å². The Bertz CT molecular complexity index is 833. The Morgan fingerprint density at radius 3 is 2.88 bits per heavy atom. The van der Waals surface area contributed by atoms with E-state index in [1.807, 2.05) is 6.07 Å². The van der Waals surface area contributed by atoms with E-state index in [2.05, 4.69) is 20.0 Å². The summed E-state index contributed by atoms with van der Waals surface area (Å²) in [4.78, 5) is 22.8.